The van der Waals surface area contributed by atoms with Crippen LogP contribution in [0.15, 0.2) is 91.0 Å². The van der Waals surface area contributed by atoms with Crippen LogP contribution in [-0.2, 0) is 10.8 Å². The van der Waals surface area contributed by atoms with Crippen LogP contribution in [0.25, 0.3) is 11.1 Å². The molecule has 0 radical (unpaired) electrons. The highest BCUT2D eigenvalue weighted by Crippen LogP contribution is 2.43. The normalized spacial score (nSPS) is 11.8. The van der Waals surface area contributed by atoms with Gasteiger partial charge in [-0.2, -0.15) is 0 Å². The fourth-order valence-corrected chi connectivity index (χ4v) is 4.47. The summed E-state index contributed by atoms with van der Waals surface area (Å²) in [6, 6.07) is 32.3. The summed E-state index contributed by atoms with van der Waals surface area (Å²) in [7, 11) is 3.39. The van der Waals surface area contributed by atoms with E-state index >= 15 is 0 Å². The summed E-state index contributed by atoms with van der Waals surface area (Å²) >= 11 is 0. The van der Waals surface area contributed by atoms with E-state index in [-0.39, 0.29) is 10.8 Å². The summed E-state index contributed by atoms with van der Waals surface area (Å²) in [6.45, 7) is 13.5. The zero-order valence-corrected chi connectivity index (χ0v) is 23.4. The highest BCUT2D eigenvalue weighted by Gasteiger charge is 2.22. The number of benzene rings is 4. The van der Waals surface area contributed by atoms with Gasteiger partial charge in [-0.15, -0.1) is 0 Å². The van der Waals surface area contributed by atoms with Crippen molar-refractivity contribution in [2.75, 3.05) is 19.1 Å². The second-order valence-electron chi connectivity index (χ2n) is 11.5. The van der Waals surface area contributed by atoms with E-state index < -0.39 is 0 Å². The third kappa shape index (κ3) is 5.83. The number of rotatable bonds is 6. The second kappa shape index (κ2) is 10.3. The molecule has 0 spiro atoms. The van der Waals surface area contributed by atoms with Crippen molar-refractivity contribution in [3.63, 3.8) is 0 Å². The third-order valence-electron chi connectivity index (χ3n) is 6.83. The Morgan fingerprint density at radius 1 is 0.514 bits per heavy atom. The smallest absolute Gasteiger partial charge is 0.119 e. The largest absolute Gasteiger partial charge is 0.497 e. The Balaban J connectivity index is 1.96. The maximum Gasteiger partial charge on any atom is 0.119 e. The molecule has 0 atom stereocenters. The van der Waals surface area contributed by atoms with Gasteiger partial charge in [-0.1, -0.05) is 77.9 Å². The highest BCUT2D eigenvalue weighted by atomic mass is 16.5. The third-order valence-corrected chi connectivity index (χ3v) is 6.83. The van der Waals surface area contributed by atoms with Crippen LogP contribution in [0.5, 0.6) is 11.5 Å². The maximum absolute atomic E-state index is 5.45. The Morgan fingerprint density at radius 2 is 0.946 bits per heavy atom. The number of nitrogens with zero attached hydrogens (tertiary/aromatic N) is 1. The van der Waals surface area contributed by atoms with Crippen molar-refractivity contribution in [1.29, 1.82) is 0 Å². The molecule has 3 heteroatoms. The molecular formula is C34H39NO2. The first-order valence-electron chi connectivity index (χ1n) is 12.8. The topological polar surface area (TPSA) is 21.7 Å². The molecule has 0 aliphatic carbocycles. The Morgan fingerprint density at radius 3 is 1.35 bits per heavy atom. The van der Waals surface area contributed by atoms with Gasteiger partial charge < -0.3 is 14.4 Å². The number of ether oxygens (including phenoxy) is 2. The van der Waals surface area contributed by atoms with E-state index in [1.165, 1.54) is 22.3 Å². The fraction of sp³-hybridized carbons (Fsp3) is 0.294. The maximum atomic E-state index is 5.45. The van der Waals surface area contributed by atoms with Gasteiger partial charge in [0.1, 0.15) is 11.5 Å². The van der Waals surface area contributed by atoms with E-state index in [9.17, 15) is 0 Å². The van der Waals surface area contributed by atoms with E-state index in [1.807, 2.05) is 24.3 Å². The molecule has 0 fully saturated rings. The van der Waals surface area contributed by atoms with E-state index in [4.69, 9.17) is 9.47 Å². The molecule has 4 rings (SSSR count). The molecule has 0 heterocycles. The van der Waals surface area contributed by atoms with E-state index in [2.05, 4.69) is 113 Å². The van der Waals surface area contributed by atoms with Crippen LogP contribution in [0.2, 0.25) is 0 Å². The second-order valence-corrected chi connectivity index (χ2v) is 11.5. The summed E-state index contributed by atoms with van der Waals surface area (Å²) in [5.74, 6) is 1.67. The first-order valence-corrected chi connectivity index (χ1v) is 12.8. The van der Waals surface area contributed by atoms with Crippen molar-refractivity contribution >= 4 is 17.1 Å². The molecule has 0 saturated carbocycles. The van der Waals surface area contributed by atoms with Crippen LogP contribution in [0.3, 0.4) is 0 Å². The summed E-state index contributed by atoms with van der Waals surface area (Å²) in [5.41, 5.74) is 8.34. The molecule has 0 aliphatic heterocycles. The zero-order chi connectivity index (χ0) is 26.8. The Kier molecular flexibility index (Phi) is 7.36. The van der Waals surface area contributed by atoms with Gasteiger partial charge in [0.15, 0.2) is 0 Å². The van der Waals surface area contributed by atoms with Crippen LogP contribution in [0.1, 0.15) is 52.7 Å². The Bertz CT molecular complexity index is 1280. The van der Waals surface area contributed by atoms with Gasteiger partial charge in [0.25, 0.3) is 0 Å². The summed E-state index contributed by atoms with van der Waals surface area (Å²) < 4.78 is 10.9. The molecule has 0 aromatic heterocycles. The molecule has 0 aliphatic rings. The Labute approximate surface area is 222 Å². The van der Waals surface area contributed by atoms with Crippen LogP contribution < -0.4 is 14.4 Å². The van der Waals surface area contributed by atoms with Crippen molar-refractivity contribution in [2.45, 2.75) is 52.4 Å². The van der Waals surface area contributed by atoms with Gasteiger partial charge in [0, 0.05) is 16.9 Å². The number of anilines is 3. The lowest BCUT2D eigenvalue weighted by atomic mass is 9.84. The van der Waals surface area contributed by atoms with Gasteiger partial charge >= 0.3 is 0 Å². The van der Waals surface area contributed by atoms with Gasteiger partial charge in [0.2, 0.25) is 0 Å². The van der Waals surface area contributed by atoms with Crippen molar-refractivity contribution in [3.8, 4) is 22.6 Å². The molecule has 0 unspecified atom stereocenters. The van der Waals surface area contributed by atoms with E-state index in [1.54, 1.807) is 14.2 Å². The average molecular weight is 494 g/mol. The predicted molar refractivity (Wildman–Crippen MR) is 157 cm³/mol. The number of hydrogen-bond donors (Lipinski definition) is 0. The SMILES string of the molecule is COc1ccc(N(c2ccc(OC)cc2)c2cc(C(C)(C)C)ccc2-c2ccc(C(C)(C)C)cc2)cc1. The monoisotopic (exact) mass is 493 g/mol. The average Bonchev–Trinajstić information content (AvgIpc) is 2.88. The minimum Gasteiger partial charge on any atom is -0.497 e. The summed E-state index contributed by atoms with van der Waals surface area (Å²) in [6.07, 6.45) is 0. The van der Waals surface area contributed by atoms with E-state index in [0.717, 1.165) is 28.6 Å². The molecule has 4 aromatic rings. The van der Waals surface area contributed by atoms with Crippen LogP contribution in [-0.4, -0.2) is 14.2 Å². The van der Waals surface area contributed by atoms with E-state index in [0.29, 0.717) is 0 Å². The standard InChI is InChI=1S/C34H39NO2/c1-33(2,3)25-11-9-24(10-12-25)31-22-13-26(34(4,5)6)23-32(31)35(27-14-18-29(36-7)19-15-27)28-16-20-30(37-8)21-17-28/h9-23H,1-8H3. The van der Waals surface area contributed by atoms with Crippen LogP contribution >= 0.6 is 0 Å². The summed E-state index contributed by atoms with van der Waals surface area (Å²) in [5, 5.41) is 0. The van der Waals surface area contributed by atoms with Gasteiger partial charge in [-0.05, 0) is 82.1 Å². The highest BCUT2D eigenvalue weighted by molar-refractivity contribution is 5.88. The van der Waals surface area contributed by atoms with Gasteiger partial charge in [-0.25, -0.2) is 0 Å². The lowest BCUT2D eigenvalue weighted by Gasteiger charge is -2.30. The molecule has 4 aromatic carbocycles. The Hall–Kier alpha value is -3.72. The van der Waals surface area contributed by atoms with Crippen LogP contribution in [0, 0.1) is 0 Å². The molecule has 192 valence electrons. The predicted octanol–water partition coefficient (Wildman–Crippen LogP) is 9.44. The molecule has 0 bridgehead atoms. The summed E-state index contributed by atoms with van der Waals surface area (Å²) in [4.78, 5) is 2.32. The number of methoxy groups -OCH3 is 2. The first-order chi connectivity index (χ1) is 17.5. The lowest BCUT2D eigenvalue weighted by Crippen LogP contribution is -2.15. The molecule has 0 saturated heterocycles. The molecule has 0 amide bonds. The first kappa shape index (κ1) is 26.3. The lowest BCUT2D eigenvalue weighted by molar-refractivity contribution is 0.415. The quantitative estimate of drug-likeness (QED) is 0.267. The number of hydrogen-bond acceptors (Lipinski definition) is 3. The molecule has 37 heavy (non-hydrogen) atoms. The van der Waals surface area contributed by atoms with Gasteiger partial charge in [-0.3, -0.25) is 0 Å². The minimum atomic E-state index is 0.00879. The van der Waals surface area contributed by atoms with Crippen molar-refractivity contribution in [2.24, 2.45) is 0 Å². The van der Waals surface area contributed by atoms with Crippen molar-refractivity contribution in [3.05, 3.63) is 102 Å². The zero-order valence-electron chi connectivity index (χ0n) is 23.4. The van der Waals surface area contributed by atoms with Crippen molar-refractivity contribution < 1.29 is 9.47 Å². The molecule has 0 N–H and O–H groups in total. The van der Waals surface area contributed by atoms with Crippen LogP contribution in [0.4, 0.5) is 17.1 Å². The minimum absolute atomic E-state index is 0.00879. The molecular weight excluding hydrogens is 454 g/mol. The van der Waals surface area contributed by atoms with Gasteiger partial charge in [0.05, 0.1) is 19.9 Å². The fourth-order valence-electron chi connectivity index (χ4n) is 4.47. The van der Waals surface area contributed by atoms with Crippen molar-refractivity contribution in [1.82, 2.24) is 0 Å². The molecule has 3 nitrogen and oxygen atoms in total.